The number of nitrogens with zero attached hydrogens (tertiary/aromatic N) is 3. The second kappa shape index (κ2) is 9.26. The Kier molecular flexibility index (Phi) is 6.08. The number of para-hydroxylation sites is 1. The van der Waals surface area contributed by atoms with Crippen LogP contribution >= 0.6 is 0 Å². The van der Waals surface area contributed by atoms with E-state index in [1.807, 2.05) is 86.6 Å². The van der Waals surface area contributed by atoms with Crippen molar-refractivity contribution in [3.05, 3.63) is 100 Å². The number of aromatic nitrogens is 2. The molecule has 0 atom stereocenters. The van der Waals surface area contributed by atoms with Gasteiger partial charge in [-0.2, -0.15) is 5.10 Å². The molecule has 31 heavy (non-hydrogen) atoms. The van der Waals surface area contributed by atoms with Crippen LogP contribution in [-0.2, 0) is 13.2 Å². The molecular formula is C25H24N4O2. The molecule has 0 aliphatic heterocycles. The summed E-state index contributed by atoms with van der Waals surface area (Å²) >= 11 is 0. The molecule has 0 aliphatic carbocycles. The number of anilines is 1. The van der Waals surface area contributed by atoms with Gasteiger partial charge in [-0.3, -0.25) is 9.36 Å². The van der Waals surface area contributed by atoms with E-state index in [0.29, 0.717) is 30.0 Å². The molecule has 0 saturated heterocycles. The molecule has 0 radical (unpaired) electrons. The summed E-state index contributed by atoms with van der Waals surface area (Å²) in [5.41, 5.74) is 6.38. The first kappa shape index (κ1) is 20.3. The monoisotopic (exact) mass is 412 g/mol. The van der Waals surface area contributed by atoms with Gasteiger partial charge in [0.2, 0.25) is 5.95 Å². The minimum atomic E-state index is -0.0802. The van der Waals surface area contributed by atoms with E-state index in [9.17, 15) is 4.79 Å². The molecule has 0 saturated carbocycles. The first-order valence-corrected chi connectivity index (χ1v) is 10.2. The van der Waals surface area contributed by atoms with Crippen LogP contribution in [0.15, 0.2) is 88.8 Å². The zero-order valence-corrected chi connectivity index (χ0v) is 17.6. The Bertz CT molecular complexity index is 1260. The molecule has 0 spiro atoms. The van der Waals surface area contributed by atoms with Crippen LogP contribution in [0.3, 0.4) is 0 Å². The average Bonchev–Trinajstić information content (AvgIpc) is 2.82. The minimum Gasteiger partial charge on any atom is -0.489 e. The maximum atomic E-state index is 12.7. The van der Waals surface area contributed by atoms with Crippen molar-refractivity contribution < 1.29 is 4.74 Å². The van der Waals surface area contributed by atoms with Gasteiger partial charge in [-0.15, -0.1) is 0 Å². The molecule has 6 heteroatoms. The molecule has 0 unspecified atom stereocenters. The van der Waals surface area contributed by atoms with Crippen molar-refractivity contribution in [2.45, 2.75) is 27.0 Å². The highest BCUT2D eigenvalue weighted by Crippen LogP contribution is 2.16. The Hall–Kier alpha value is -3.93. The van der Waals surface area contributed by atoms with Gasteiger partial charge in [0, 0.05) is 6.54 Å². The molecule has 0 fully saturated rings. The number of fused-ring (bicyclic) bond motifs is 1. The summed E-state index contributed by atoms with van der Waals surface area (Å²) in [6, 6.07) is 25.1. The van der Waals surface area contributed by atoms with E-state index < -0.39 is 0 Å². The second-order valence-corrected chi connectivity index (χ2v) is 7.11. The molecule has 0 amide bonds. The fourth-order valence-electron chi connectivity index (χ4n) is 3.28. The number of hydrazone groups is 1. The van der Waals surface area contributed by atoms with Crippen LogP contribution in [0.4, 0.5) is 5.95 Å². The fraction of sp³-hybridized carbons (Fsp3) is 0.160. The van der Waals surface area contributed by atoms with Crippen molar-refractivity contribution >= 4 is 22.6 Å². The van der Waals surface area contributed by atoms with Gasteiger partial charge >= 0.3 is 0 Å². The smallest absolute Gasteiger partial charge is 0.262 e. The van der Waals surface area contributed by atoms with Crippen LogP contribution in [0.1, 0.15) is 25.0 Å². The molecule has 1 N–H and O–H groups in total. The molecule has 3 aromatic carbocycles. The normalized spacial score (nSPS) is 11.5. The van der Waals surface area contributed by atoms with Crippen LogP contribution < -0.4 is 15.7 Å². The lowest BCUT2D eigenvalue weighted by atomic mass is 10.1. The minimum absolute atomic E-state index is 0.0802. The predicted molar refractivity (Wildman–Crippen MR) is 125 cm³/mol. The van der Waals surface area contributed by atoms with Gasteiger partial charge in [-0.25, -0.2) is 10.4 Å². The Balaban J connectivity index is 1.49. The Morgan fingerprint density at radius 1 is 1.00 bits per heavy atom. The van der Waals surface area contributed by atoms with Crippen molar-refractivity contribution in [3.63, 3.8) is 0 Å². The quantitative estimate of drug-likeness (QED) is 0.349. The third-order valence-corrected chi connectivity index (χ3v) is 5.02. The molecule has 4 aromatic rings. The van der Waals surface area contributed by atoms with Crippen molar-refractivity contribution in [3.8, 4) is 5.75 Å². The maximum Gasteiger partial charge on any atom is 0.262 e. The molecular weight excluding hydrogens is 388 g/mol. The zero-order chi connectivity index (χ0) is 21.6. The van der Waals surface area contributed by atoms with Gasteiger partial charge in [0.1, 0.15) is 12.4 Å². The topological polar surface area (TPSA) is 68.5 Å². The summed E-state index contributed by atoms with van der Waals surface area (Å²) in [6.45, 7) is 4.84. The molecule has 156 valence electrons. The van der Waals surface area contributed by atoms with E-state index in [1.165, 1.54) is 0 Å². The van der Waals surface area contributed by atoms with E-state index in [4.69, 9.17) is 4.74 Å². The Labute approximate surface area is 180 Å². The SMILES string of the molecule is CCn1c(N/N=C(/C)c2ccc(OCc3ccccc3)cc2)nc2ccccc2c1=O. The summed E-state index contributed by atoms with van der Waals surface area (Å²) in [5.74, 6) is 1.22. The van der Waals surface area contributed by atoms with Crippen molar-refractivity contribution in [2.75, 3.05) is 5.43 Å². The van der Waals surface area contributed by atoms with Crippen LogP contribution in [-0.4, -0.2) is 15.3 Å². The summed E-state index contributed by atoms with van der Waals surface area (Å²) in [4.78, 5) is 17.3. The number of nitrogens with one attached hydrogen (secondary N) is 1. The van der Waals surface area contributed by atoms with Crippen molar-refractivity contribution in [2.24, 2.45) is 5.10 Å². The lowest BCUT2D eigenvalue weighted by molar-refractivity contribution is 0.306. The molecule has 0 aliphatic rings. The number of hydrogen-bond donors (Lipinski definition) is 1. The number of ether oxygens (including phenoxy) is 1. The summed E-state index contributed by atoms with van der Waals surface area (Å²) in [6.07, 6.45) is 0. The van der Waals surface area contributed by atoms with E-state index >= 15 is 0 Å². The van der Waals surface area contributed by atoms with E-state index in [2.05, 4.69) is 15.5 Å². The van der Waals surface area contributed by atoms with Gasteiger partial charge in [0.25, 0.3) is 5.56 Å². The molecule has 4 rings (SSSR count). The van der Waals surface area contributed by atoms with Crippen LogP contribution in [0, 0.1) is 0 Å². The average molecular weight is 412 g/mol. The fourth-order valence-corrected chi connectivity index (χ4v) is 3.28. The predicted octanol–water partition coefficient (Wildman–Crippen LogP) is 4.83. The highest BCUT2D eigenvalue weighted by Gasteiger charge is 2.09. The molecule has 6 nitrogen and oxygen atoms in total. The van der Waals surface area contributed by atoms with Gasteiger partial charge < -0.3 is 4.74 Å². The standard InChI is InChI=1S/C25H24N4O2/c1-3-29-24(30)22-11-7-8-12-23(22)26-25(29)28-27-18(2)20-13-15-21(16-14-20)31-17-19-9-5-4-6-10-19/h4-16H,3,17H2,1-2H3,(H,26,28)/b27-18-. The third-order valence-electron chi connectivity index (χ3n) is 5.02. The zero-order valence-electron chi connectivity index (χ0n) is 17.6. The van der Waals surface area contributed by atoms with Crippen molar-refractivity contribution in [1.82, 2.24) is 9.55 Å². The molecule has 0 bridgehead atoms. The highest BCUT2D eigenvalue weighted by atomic mass is 16.5. The summed E-state index contributed by atoms with van der Waals surface area (Å²) < 4.78 is 7.42. The van der Waals surface area contributed by atoms with Crippen LogP contribution in [0.5, 0.6) is 5.75 Å². The lowest BCUT2D eigenvalue weighted by Gasteiger charge is -2.11. The summed E-state index contributed by atoms with van der Waals surface area (Å²) in [7, 11) is 0. The lowest BCUT2D eigenvalue weighted by Crippen LogP contribution is -2.23. The first-order valence-electron chi connectivity index (χ1n) is 10.2. The highest BCUT2D eigenvalue weighted by molar-refractivity contribution is 5.99. The summed E-state index contributed by atoms with van der Waals surface area (Å²) in [5, 5.41) is 5.05. The van der Waals surface area contributed by atoms with Gasteiger partial charge in [-0.05, 0) is 61.4 Å². The first-order chi connectivity index (χ1) is 15.2. The third kappa shape index (κ3) is 4.64. The van der Waals surface area contributed by atoms with Gasteiger partial charge in [0.05, 0.1) is 16.6 Å². The number of benzene rings is 3. The number of hydrogen-bond acceptors (Lipinski definition) is 5. The second-order valence-electron chi connectivity index (χ2n) is 7.11. The molecule has 1 aromatic heterocycles. The van der Waals surface area contributed by atoms with Crippen molar-refractivity contribution in [1.29, 1.82) is 0 Å². The van der Waals surface area contributed by atoms with E-state index in [-0.39, 0.29) is 5.56 Å². The Morgan fingerprint density at radius 2 is 1.71 bits per heavy atom. The van der Waals surface area contributed by atoms with E-state index in [0.717, 1.165) is 22.6 Å². The van der Waals surface area contributed by atoms with Crippen LogP contribution in [0.25, 0.3) is 10.9 Å². The van der Waals surface area contributed by atoms with E-state index in [1.54, 1.807) is 10.6 Å². The maximum absolute atomic E-state index is 12.7. The van der Waals surface area contributed by atoms with Crippen LogP contribution in [0.2, 0.25) is 0 Å². The Morgan fingerprint density at radius 3 is 2.45 bits per heavy atom. The van der Waals surface area contributed by atoms with Gasteiger partial charge in [0.15, 0.2) is 0 Å². The van der Waals surface area contributed by atoms with Gasteiger partial charge in [-0.1, -0.05) is 42.5 Å². The number of rotatable bonds is 7. The largest absolute Gasteiger partial charge is 0.489 e. The molecule has 1 heterocycles.